The van der Waals surface area contributed by atoms with Gasteiger partial charge in [-0.15, -0.1) is 0 Å². The second-order valence-electron chi connectivity index (χ2n) is 8.66. The summed E-state index contributed by atoms with van der Waals surface area (Å²) in [5, 5.41) is 8.41. The van der Waals surface area contributed by atoms with E-state index in [1.165, 1.54) is 12.1 Å². The zero-order valence-corrected chi connectivity index (χ0v) is 20.3. The molecule has 0 spiro atoms. The predicted molar refractivity (Wildman–Crippen MR) is 139 cm³/mol. The van der Waals surface area contributed by atoms with Crippen molar-refractivity contribution < 1.29 is 12.8 Å². The van der Waals surface area contributed by atoms with Crippen LogP contribution in [0.2, 0.25) is 0 Å². The number of hydrogen-bond donors (Lipinski definition) is 3. The summed E-state index contributed by atoms with van der Waals surface area (Å²) in [6, 6.07) is 16.0. The van der Waals surface area contributed by atoms with Gasteiger partial charge in [0.25, 0.3) is 0 Å². The Bertz CT molecular complexity index is 1880. The van der Waals surface area contributed by atoms with Gasteiger partial charge in [0, 0.05) is 41.6 Å². The Morgan fingerprint density at radius 2 is 1.89 bits per heavy atom. The van der Waals surface area contributed by atoms with E-state index in [1.807, 2.05) is 30.3 Å². The molecular formula is C26H20FN7O2S. The summed E-state index contributed by atoms with van der Waals surface area (Å²) in [4.78, 5) is 16.6. The molecule has 4 aromatic heterocycles. The Morgan fingerprint density at radius 3 is 2.70 bits per heavy atom. The SMILES string of the molecule is CS(=O)(=O)NCc1cc(F)cc(-c2ccnc3[nH]c(-c4n[nH]c5ccc(-c6cccnc6)cc45)nc23)c1. The van der Waals surface area contributed by atoms with Crippen LogP contribution in [-0.4, -0.2) is 44.8 Å². The molecule has 184 valence electrons. The summed E-state index contributed by atoms with van der Waals surface area (Å²) in [6.07, 6.45) is 6.20. The Labute approximate surface area is 210 Å². The fourth-order valence-electron chi connectivity index (χ4n) is 4.29. The Morgan fingerprint density at radius 1 is 1.00 bits per heavy atom. The van der Waals surface area contributed by atoms with Gasteiger partial charge >= 0.3 is 0 Å². The van der Waals surface area contributed by atoms with Crippen LogP contribution in [0.4, 0.5) is 4.39 Å². The monoisotopic (exact) mass is 513 g/mol. The standard InChI is InChI=1S/C26H20FN7O2S/c1-37(35,36)30-13-15-9-18(11-19(27)10-15)20-6-8-29-25-23(20)31-26(32-25)24-21-12-16(4-5-22(21)33-34-24)17-3-2-7-28-14-17/h2-12,14,30H,13H2,1H3,(H,33,34)(H,29,31,32). The second kappa shape index (κ2) is 8.87. The Kier molecular flexibility index (Phi) is 5.50. The first-order valence-corrected chi connectivity index (χ1v) is 13.2. The average molecular weight is 514 g/mol. The van der Waals surface area contributed by atoms with Gasteiger partial charge in [0.1, 0.15) is 17.0 Å². The topological polar surface area (TPSA) is 129 Å². The molecule has 0 aliphatic rings. The largest absolute Gasteiger partial charge is 0.321 e. The molecule has 0 saturated heterocycles. The van der Waals surface area contributed by atoms with Crippen LogP contribution in [0.15, 0.2) is 73.2 Å². The maximum Gasteiger partial charge on any atom is 0.209 e. The zero-order chi connectivity index (χ0) is 25.6. The number of hydrogen-bond acceptors (Lipinski definition) is 6. The van der Waals surface area contributed by atoms with Gasteiger partial charge in [-0.25, -0.2) is 27.5 Å². The molecule has 6 rings (SSSR count). The number of nitrogens with one attached hydrogen (secondary N) is 3. The normalized spacial score (nSPS) is 11.9. The molecule has 0 unspecified atom stereocenters. The Balaban J connectivity index is 1.44. The molecule has 0 saturated carbocycles. The molecule has 3 N–H and O–H groups in total. The van der Waals surface area contributed by atoms with Crippen molar-refractivity contribution in [3.8, 4) is 33.8 Å². The number of fused-ring (bicyclic) bond motifs is 2. The number of halogens is 1. The van der Waals surface area contributed by atoms with E-state index in [2.05, 4.69) is 29.9 Å². The molecule has 4 heterocycles. The number of H-pyrrole nitrogens is 2. The summed E-state index contributed by atoms with van der Waals surface area (Å²) < 4.78 is 39.8. The minimum Gasteiger partial charge on any atom is -0.321 e. The van der Waals surface area contributed by atoms with Gasteiger partial charge in [-0.05, 0) is 59.2 Å². The van der Waals surface area contributed by atoms with Crippen LogP contribution in [0.25, 0.3) is 55.8 Å². The maximum absolute atomic E-state index is 14.5. The molecule has 2 aromatic carbocycles. The third-order valence-corrected chi connectivity index (χ3v) is 6.64. The molecule has 11 heteroatoms. The van der Waals surface area contributed by atoms with Gasteiger partial charge in [-0.3, -0.25) is 10.1 Å². The average Bonchev–Trinajstić information content (AvgIpc) is 3.51. The molecule has 0 amide bonds. The van der Waals surface area contributed by atoms with Crippen LogP contribution < -0.4 is 4.72 Å². The molecule has 0 fully saturated rings. The number of benzene rings is 2. The number of imidazole rings is 1. The minimum absolute atomic E-state index is 0.0256. The van der Waals surface area contributed by atoms with E-state index >= 15 is 0 Å². The third kappa shape index (κ3) is 4.57. The summed E-state index contributed by atoms with van der Waals surface area (Å²) in [7, 11) is -3.42. The van der Waals surface area contributed by atoms with Crippen LogP contribution in [0.5, 0.6) is 0 Å². The summed E-state index contributed by atoms with van der Waals surface area (Å²) >= 11 is 0. The van der Waals surface area contributed by atoms with E-state index in [9.17, 15) is 12.8 Å². The highest BCUT2D eigenvalue weighted by Gasteiger charge is 2.17. The van der Waals surface area contributed by atoms with Crippen molar-refractivity contribution in [2.45, 2.75) is 6.54 Å². The smallest absolute Gasteiger partial charge is 0.209 e. The molecule has 0 radical (unpaired) electrons. The number of sulfonamides is 1. The van der Waals surface area contributed by atoms with E-state index in [1.54, 1.807) is 30.7 Å². The molecule has 0 aliphatic heterocycles. The summed E-state index contributed by atoms with van der Waals surface area (Å²) in [5.74, 6) is 0.0321. The molecule has 9 nitrogen and oxygen atoms in total. The van der Waals surface area contributed by atoms with E-state index < -0.39 is 15.8 Å². The number of aromatic amines is 2. The van der Waals surface area contributed by atoms with Crippen molar-refractivity contribution in [3.63, 3.8) is 0 Å². The lowest BCUT2D eigenvalue weighted by Gasteiger charge is -2.07. The molecule has 0 aliphatic carbocycles. The predicted octanol–water partition coefficient (Wildman–Crippen LogP) is 4.42. The zero-order valence-electron chi connectivity index (χ0n) is 19.5. The van der Waals surface area contributed by atoms with E-state index in [0.717, 1.165) is 28.3 Å². The number of nitrogens with zero attached hydrogens (tertiary/aromatic N) is 4. The first kappa shape index (κ1) is 23.0. The molecular weight excluding hydrogens is 493 g/mol. The molecule has 0 bridgehead atoms. The van der Waals surface area contributed by atoms with Crippen molar-refractivity contribution in [1.29, 1.82) is 0 Å². The van der Waals surface area contributed by atoms with Crippen LogP contribution in [0.3, 0.4) is 0 Å². The highest BCUT2D eigenvalue weighted by molar-refractivity contribution is 7.88. The quantitative estimate of drug-likeness (QED) is 0.302. The molecule has 6 aromatic rings. The van der Waals surface area contributed by atoms with Gasteiger partial charge < -0.3 is 4.98 Å². The maximum atomic E-state index is 14.5. The lowest BCUT2D eigenvalue weighted by Crippen LogP contribution is -2.21. The van der Waals surface area contributed by atoms with E-state index in [4.69, 9.17) is 4.98 Å². The van der Waals surface area contributed by atoms with Gasteiger partial charge in [-0.2, -0.15) is 5.10 Å². The van der Waals surface area contributed by atoms with Crippen molar-refractivity contribution >= 4 is 32.1 Å². The van der Waals surface area contributed by atoms with E-state index in [-0.39, 0.29) is 6.54 Å². The van der Waals surface area contributed by atoms with Gasteiger partial charge in [0.05, 0.1) is 11.8 Å². The third-order valence-electron chi connectivity index (χ3n) is 5.97. The number of aromatic nitrogens is 6. The molecule has 0 atom stereocenters. The lowest BCUT2D eigenvalue weighted by atomic mass is 10.0. The van der Waals surface area contributed by atoms with Crippen molar-refractivity contribution in [2.75, 3.05) is 6.26 Å². The summed E-state index contributed by atoms with van der Waals surface area (Å²) in [6.45, 7) is -0.0256. The van der Waals surface area contributed by atoms with Crippen LogP contribution in [0, 0.1) is 5.82 Å². The van der Waals surface area contributed by atoms with Crippen molar-refractivity contribution in [1.82, 2.24) is 34.9 Å². The second-order valence-corrected chi connectivity index (χ2v) is 10.5. The lowest BCUT2D eigenvalue weighted by molar-refractivity contribution is 0.586. The minimum atomic E-state index is -3.42. The van der Waals surface area contributed by atoms with Gasteiger partial charge in [-0.1, -0.05) is 12.1 Å². The van der Waals surface area contributed by atoms with Gasteiger partial charge in [0.2, 0.25) is 10.0 Å². The van der Waals surface area contributed by atoms with Crippen molar-refractivity contribution in [2.24, 2.45) is 0 Å². The number of pyridine rings is 2. The molecule has 37 heavy (non-hydrogen) atoms. The highest BCUT2D eigenvalue weighted by atomic mass is 32.2. The summed E-state index contributed by atoms with van der Waals surface area (Å²) in [5.41, 5.74) is 6.22. The first-order valence-electron chi connectivity index (χ1n) is 11.3. The van der Waals surface area contributed by atoms with Crippen LogP contribution >= 0.6 is 0 Å². The van der Waals surface area contributed by atoms with Crippen LogP contribution in [-0.2, 0) is 16.6 Å². The van der Waals surface area contributed by atoms with E-state index in [0.29, 0.717) is 39.4 Å². The highest BCUT2D eigenvalue weighted by Crippen LogP contribution is 2.33. The Hall–Kier alpha value is -4.48. The fraction of sp³-hybridized carbons (Fsp3) is 0.0769. The van der Waals surface area contributed by atoms with Gasteiger partial charge in [0.15, 0.2) is 11.5 Å². The fourth-order valence-corrected chi connectivity index (χ4v) is 4.71. The van der Waals surface area contributed by atoms with Crippen LogP contribution in [0.1, 0.15) is 5.56 Å². The first-order chi connectivity index (χ1) is 17.8. The number of rotatable bonds is 6. The van der Waals surface area contributed by atoms with Crippen molar-refractivity contribution in [3.05, 3.63) is 84.6 Å².